The second-order valence-corrected chi connectivity index (χ2v) is 7.30. The Labute approximate surface area is 137 Å². The highest BCUT2D eigenvalue weighted by Crippen LogP contribution is 2.42. The van der Waals surface area contributed by atoms with E-state index in [9.17, 15) is 5.11 Å². The van der Waals surface area contributed by atoms with Crippen LogP contribution in [0.5, 0.6) is 0 Å². The largest absolute Gasteiger partial charge is 0.388 e. The van der Waals surface area contributed by atoms with Crippen molar-refractivity contribution < 1.29 is 14.6 Å². The van der Waals surface area contributed by atoms with E-state index < -0.39 is 6.10 Å². The van der Waals surface area contributed by atoms with Gasteiger partial charge in [-0.3, -0.25) is 0 Å². The second kappa shape index (κ2) is 6.08. The van der Waals surface area contributed by atoms with E-state index in [1.54, 1.807) is 0 Å². The first-order valence-electron chi connectivity index (χ1n) is 6.94. The van der Waals surface area contributed by atoms with Crippen LogP contribution in [0, 0.1) is 9.49 Å². The zero-order chi connectivity index (χ0) is 14.2. The molecular formula is C15H18ClIO3. The maximum Gasteiger partial charge on any atom is 0.0940 e. The molecule has 3 atom stereocenters. The van der Waals surface area contributed by atoms with E-state index in [1.807, 2.05) is 18.2 Å². The van der Waals surface area contributed by atoms with Gasteiger partial charge in [0.15, 0.2) is 0 Å². The van der Waals surface area contributed by atoms with Crippen LogP contribution in [0.4, 0.5) is 0 Å². The number of hydrogen-bond donors (Lipinski definition) is 1. The highest BCUT2D eigenvalue weighted by atomic mass is 127. The average molecular weight is 409 g/mol. The highest BCUT2D eigenvalue weighted by Gasteiger charge is 2.43. The van der Waals surface area contributed by atoms with Crippen LogP contribution >= 0.6 is 34.2 Å². The van der Waals surface area contributed by atoms with Crippen LogP contribution in [-0.2, 0) is 9.47 Å². The summed E-state index contributed by atoms with van der Waals surface area (Å²) < 4.78 is 12.5. The smallest absolute Gasteiger partial charge is 0.0940 e. The normalized spacial score (nSPS) is 31.6. The summed E-state index contributed by atoms with van der Waals surface area (Å²) in [4.78, 5) is 0. The van der Waals surface area contributed by atoms with Crippen molar-refractivity contribution >= 4 is 34.2 Å². The van der Waals surface area contributed by atoms with Gasteiger partial charge in [0.1, 0.15) is 0 Å². The summed E-state index contributed by atoms with van der Waals surface area (Å²) in [5, 5.41) is 11.4. The fraction of sp³-hybridized carbons (Fsp3) is 0.600. The maximum atomic E-state index is 10.7. The second-order valence-electron chi connectivity index (χ2n) is 5.70. The average Bonchev–Trinajstić information content (AvgIpc) is 2.88. The number of halogens is 2. The molecule has 1 aromatic carbocycles. The van der Waals surface area contributed by atoms with E-state index in [2.05, 4.69) is 22.6 Å². The predicted molar refractivity (Wildman–Crippen MR) is 86.0 cm³/mol. The Morgan fingerprint density at radius 3 is 3.00 bits per heavy atom. The van der Waals surface area contributed by atoms with E-state index in [0.29, 0.717) is 18.2 Å². The molecular weight excluding hydrogens is 391 g/mol. The molecule has 0 bridgehead atoms. The molecule has 1 N–H and O–H groups in total. The molecule has 5 heteroatoms. The molecule has 3 unspecified atom stereocenters. The lowest BCUT2D eigenvalue weighted by Gasteiger charge is -2.39. The molecule has 0 aromatic heterocycles. The van der Waals surface area contributed by atoms with Crippen molar-refractivity contribution in [2.75, 3.05) is 19.8 Å². The minimum atomic E-state index is -0.484. The molecule has 0 saturated carbocycles. The first-order valence-corrected chi connectivity index (χ1v) is 8.40. The van der Waals surface area contributed by atoms with Crippen LogP contribution in [-0.4, -0.2) is 30.5 Å². The summed E-state index contributed by atoms with van der Waals surface area (Å²) in [5.41, 5.74) is 0.757. The first-order chi connectivity index (χ1) is 9.60. The van der Waals surface area contributed by atoms with Gasteiger partial charge in [-0.05, 0) is 65.1 Å². The Kier molecular flexibility index (Phi) is 4.57. The zero-order valence-electron chi connectivity index (χ0n) is 11.1. The lowest BCUT2D eigenvalue weighted by molar-refractivity contribution is -0.117. The summed E-state index contributed by atoms with van der Waals surface area (Å²) >= 11 is 8.31. The molecule has 1 spiro atoms. The number of hydrogen-bond acceptors (Lipinski definition) is 3. The summed E-state index contributed by atoms with van der Waals surface area (Å²) in [6, 6.07) is 5.69. The Morgan fingerprint density at radius 1 is 1.40 bits per heavy atom. The van der Waals surface area contributed by atoms with Crippen LogP contribution < -0.4 is 0 Å². The fourth-order valence-electron chi connectivity index (χ4n) is 3.19. The van der Waals surface area contributed by atoms with E-state index in [4.69, 9.17) is 21.1 Å². The molecule has 3 rings (SSSR count). The molecule has 2 saturated heterocycles. The Hall–Kier alpha value is 0.120. The van der Waals surface area contributed by atoms with Crippen molar-refractivity contribution in [2.24, 2.45) is 5.92 Å². The molecule has 20 heavy (non-hydrogen) atoms. The van der Waals surface area contributed by atoms with Crippen molar-refractivity contribution in [1.29, 1.82) is 0 Å². The minimum absolute atomic E-state index is 0.173. The Balaban J connectivity index is 1.79. The quantitative estimate of drug-likeness (QED) is 0.761. The monoisotopic (exact) mass is 408 g/mol. The van der Waals surface area contributed by atoms with E-state index in [1.165, 1.54) is 0 Å². The van der Waals surface area contributed by atoms with Gasteiger partial charge in [0.2, 0.25) is 0 Å². The standard InChI is InChI=1S/C15H18ClIO3/c16-11-1-2-13(17)12(7-11)14(18)10-3-5-20-15(8-10)4-6-19-9-15/h1-2,7,10,14,18H,3-6,8-9H2. The van der Waals surface area contributed by atoms with Crippen LogP contribution in [0.25, 0.3) is 0 Å². The molecule has 110 valence electrons. The van der Waals surface area contributed by atoms with E-state index >= 15 is 0 Å². The molecule has 2 fully saturated rings. The van der Waals surface area contributed by atoms with Crippen LogP contribution in [0.15, 0.2) is 18.2 Å². The van der Waals surface area contributed by atoms with Gasteiger partial charge in [-0.25, -0.2) is 0 Å². The highest BCUT2D eigenvalue weighted by molar-refractivity contribution is 14.1. The van der Waals surface area contributed by atoms with Gasteiger partial charge >= 0.3 is 0 Å². The molecule has 0 amide bonds. The van der Waals surface area contributed by atoms with Gasteiger partial charge in [0.05, 0.1) is 18.3 Å². The van der Waals surface area contributed by atoms with Gasteiger partial charge < -0.3 is 14.6 Å². The third kappa shape index (κ3) is 2.99. The zero-order valence-corrected chi connectivity index (χ0v) is 14.1. The lowest BCUT2D eigenvalue weighted by Crippen LogP contribution is -2.42. The summed E-state index contributed by atoms with van der Waals surface area (Å²) in [6.45, 7) is 2.11. The van der Waals surface area contributed by atoms with Crippen molar-refractivity contribution in [1.82, 2.24) is 0 Å². The van der Waals surface area contributed by atoms with Crippen molar-refractivity contribution in [2.45, 2.75) is 31.0 Å². The summed E-state index contributed by atoms with van der Waals surface area (Å²) in [5.74, 6) is 0.206. The molecule has 3 nitrogen and oxygen atoms in total. The number of aliphatic hydroxyl groups is 1. The topological polar surface area (TPSA) is 38.7 Å². The molecule has 0 radical (unpaired) electrons. The molecule has 2 aliphatic rings. The van der Waals surface area contributed by atoms with Gasteiger partial charge in [0.25, 0.3) is 0 Å². The Bertz CT molecular complexity index is 488. The molecule has 2 aliphatic heterocycles. The van der Waals surface area contributed by atoms with Crippen LogP contribution in [0.3, 0.4) is 0 Å². The van der Waals surface area contributed by atoms with Gasteiger partial charge in [0, 0.05) is 28.2 Å². The maximum absolute atomic E-state index is 10.7. The van der Waals surface area contributed by atoms with Crippen LogP contribution in [0.1, 0.15) is 30.9 Å². The predicted octanol–water partition coefficient (Wildman–Crippen LogP) is 3.56. The van der Waals surface area contributed by atoms with Gasteiger partial charge in [-0.15, -0.1) is 0 Å². The number of aliphatic hydroxyl groups excluding tert-OH is 1. The van der Waals surface area contributed by atoms with Crippen LogP contribution in [0.2, 0.25) is 5.02 Å². The summed E-state index contributed by atoms with van der Waals surface area (Å²) in [7, 11) is 0. The number of ether oxygens (including phenoxy) is 2. The first kappa shape index (κ1) is 15.0. The van der Waals surface area contributed by atoms with Crippen molar-refractivity contribution in [3.63, 3.8) is 0 Å². The fourth-order valence-corrected chi connectivity index (χ4v) is 4.03. The number of rotatable bonds is 2. The molecule has 0 aliphatic carbocycles. The van der Waals surface area contributed by atoms with E-state index in [-0.39, 0.29) is 11.5 Å². The third-order valence-electron chi connectivity index (χ3n) is 4.32. The number of benzene rings is 1. The van der Waals surface area contributed by atoms with Crippen molar-refractivity contribution in [3.05, 3.63) is 32.4 Å². The Morgan fingerprint density at radius 2 is 2.25 bits per heavy atom. The van der Waals surface area contributed by atoms with Gasteiger partial charge in [-0.1, -0.05) is 11.6 Å². The minimum Gasteiger partial charge on any atom is -0.388 e. The van der Waals surface area contributed by atoms with E-state index in [0.717, 1.165) is 35.0 Å². The summed E-state index contributed by atoms with van der Waals surface area (Å²) in [6.07, 6.45) is 2.19. The van der Waals surface area contributed by atoms with Gasteiger partial charge in [-0.2, -0.15) is 0 Å². The third-order valence-corrected chi connectivity index (χ3v) is 5.54. The lowest BCUT2D eigenvalue weighted by atomic mass is 9.80. The molecule has 2 heterocycles. The molecule has 1 aromatic rings. The van der Waals surface area contributed by atoms with Crippen molar-refractivity contribution in [3.8, 4) is 0 Å². The SMILES string of the molecule is OC(c1cc(Cl)ccc1I)C1CCOC2(CCOC2)C1.